The highest BCUT2D eigenvalue weighted by Crippen LogP contribution is 2.46. The molecule has 26 heavy (non-hydrogen) atoms. The Labute approximate surface area is 152 Å². The molecule has 3 rings (SSSR count). The van der Waals surface area contributed by atoms with Gasteiger partial charge in [0.05, 0.1) is 22.7 Å². The lowest BCUT2D eigenvalue weighted by molar-refractivity contribution is -0.123. The van der Waals surface area contributed by atoms with E-state index in [0.29, 0.717) is 17.7 Å². The summed E-state index contributed by atoms with van der Waals surface area (Å²) in [5.74, 6) is -1.15. The van der Waals surface area contributed by atoms with Crippen LogP contribution in [0, 0.1) is 5.82 Å². The maximum atomic E-state index is 13.9. The minimum absolute atomic E-state index is 0.0564. The molecule has 135 valence electrons. The number of primary amides is 1. The molecule has 1 heterocycles. The molecule has 0 bridgehead atoms. The maximum absolute atomic E-state index is 13.9. The van der Waals surface area contributed by atoms with E-state index in [1.165, 1.54) is 6.07 Å². The van der Waals surface area contributed by atoms with Gasteiger partial charge in [-0.05, 0) is 48.7 Å². The van der Waals surface area contributed by atoms with Crippen LogP contribution in [-0.2, 0) is 15.0 Å². The van der Waals surface area contributed by atoms with Crippen LogP contribution in [-0.4, -0.2) is 26.3 Å². The summed E-state index contributed by atoms with van der Waals surface area (Å²) in [6.45, 7) is 1.69. The number of carbonyl (C=O) groups is 1. The zero-order chi connectivity index (χ0) is 19.1. The molecule has 0 aliphatic carbocycles. The van der Waals surface area contributed by atoms with Gasteiger partial charge in [0.1, 0.15) is 5.82 Å². The van der Waals surface area contributed by atoms with E-state index in [1.807, 2.05) is 43.3 Å². The van der Waals surface area contributed by atoms with Crippen LogP contribution in [0.1, 0.15) is 36.1 Å². The third kappa shape index (κ3) is 2.92. The lowest BCUT2D eigenvalue weighted by Gasteiger charge is -2.39. The first-order valence-corrected chi connectivity index (χ1v) is 8.32. The summed E-state index contributed by atoms with van der Waals surface area (Å²) in [5.41, 5.74) is 7.40. The summed E-state index contributed by atoms with van der Waals surface area (Å²) in [5, 5.41) is 3.28. The van der Waals surface area contributed by atoms with Gasteiger partial charge in [0.2, 0.25) is 12.2 Å². The van der Waals surface area contributed by atoms with Gasteiger partial charge >= 0.3 is 0 Å². The molecule has 2 aromatic carbocycles. The monoisotopic (exact) mass is 354 g/mol. The first-order valence-electron chi connectivity index (χ1n) is 8.32. The number of carbonyl (C=O) groups excluding carboxylic acids is 2. The molecule has 5 nitrogen and oxygen atoms in total. The van der Waals surface area contributed by atoms with E-state index < -0.39 is 17.1 Å². The van der Waals surface area contributed by atoms with Gasteiger partial charge in [0, 0.05) is 19.8 Å². The maximum Gasteiger partial charge on any atom is 0.235 e. The molecule has 1 radical (unpaired) electrons. The average molecular weight is 354 g/mol. The minimum Gasteiger partial charge on any atom is -0.378 e. The number of hydrogen-bond donors (Lipinski definition) is 2. The Morgan fingerprint density at radius 2 is 2.08 bits per heavy atom. The number of anilines is 2. The van der Waals surface area contributed by atoms with Crippen molar-refractivity contribution in [1.29, 1.82) is 0 Å². The SMILES string of the molecule is CN(C)c1cccc(C2CC(C)(C(N)=O)c3cc(F)cc([C]=O)c3N2)c1. The van der Waals surface area contributed by atoms with Crippen LogP contribution < -0.4 is 16.0 Å². The van der Waals surface area contributed by atoms with Crippen molar-refractivity contribution in [3.05, 3.63) is 58.9 Å². The quantitative estimate of drug-likeness (QED) is 0.885. The summed E-state index contributed by atoms with van der Waals surface area (Å²) in [6, 6.07) is 9.99. The van der Waals surface area contributed by atoms with E-state index in [9.17, 15) is 14.0 Å². The van der Waals surface area contributed by atoms with Crippen LogP contribution in [0.2, 0.25) is 0 Å². The molecular weight excluding hydrogens is 333 g/mol. The van der Waals surface area contributed by atoms with Crippen molar-refractivity contribution in [3.8, 4) is 0 Å². The van der Waals surface area contributed by atoms with Crippen molar-refractivity contribution in [2.45, 2.75) is 24.8 Å². The number of amides is 1. The first kappa shape index (κ1) is 17.9. The Kier molecular flexibility index (Phi) is 4.44. The normalized spacial score (nSPS) is 21.5. The van der Waals surface area contributed by atoms with Gasteiger partial charge in [-0.2, -0.15) is 0 Å². The van der Waals surface area contributed by atoms with Gasteiger partial charge < -0.3 is 16.0 Å². The van der Waals surface area contributed by atoms with E-state index in [0.717, 1.165) is 17.3 Å². The third-order valence-corrected chi connectivity index (χ3v) is 5.07. The first-order chi connectivity index (χ1) is 12.3. The Morgan fingerprint density at radius 3 is 2.69 bits per heavy atom. The molecule has 1 amide bonds. The molecule has 0 spiro atoms. The van der Waals surface area contributed by atoms with Gasteiger partial charge in [0.25, 0.3) is 0 Å². The number of halogens is 1. The fraction of sp³-hybridized carbons (Fsp3) is 0.300. The Balaban J connectivity index is 2.15. The Hall–Kier alpha value is -2.89. The minimum atomic E-state index is -1.10. The molecule has 2 unspecified atom stereocenters. The highest BCUT2D eigenvalue weighted by atomic mass is 19.1. The number of nitrogens with zero attached hydrogens (tertiary/aromatic N) is 1. The fourth-order valence-corrected chi connectivity index (χ4v) is 3.48. The number of fused-ring (bicyclic) bond motifs is 1. The molecule has 0 fully saturated rings. The van der Waals surface area contributed by atoms with Crippen LogP contribution in [0.3, 0.4) is 0 Å². The Morgan fingerprint density at radius 1 is 1.35 bits per heavy atom. The van der Waals surface area contributed by atoms with Crippen molar-refractivity contribution < 1.29 is 14.0 Å². The highest BCUT2D eigenvalue weighted by molar-refractivity contribution is 5.94. The van der Waals surface area contributed by atoms with E-state index >= 15 is 0 Å². The van der Waals surface area contributed by atoms with Crippen molar-refractivity contribution in [3.63, 3.8) is 0 Å². The Bertz CT molecular complexity index is 881. The van der Waals surface area contributed by atoms with Gasteiger partial charge in [-0.15, -0.1) is 0 Å². The van der Waals surface area contributed by atoms with Crippen molar-refractivity contribution in [2.75, 3.05) is 24.3 Å². The molecule has 6 heteroatoms. The number of hydrogen-bond acceptors (Lipinski definition) is 4. The molecule has 1 aliphatic rings. The fourth-order valence-electron chi connectivity index (χ4n) is 3.48. The molecular formula is C20H21FN3O2. The van der Waals surface area contributed by atoms with E-state index in [2.05, 4.69) is 5.32 Å². The molecule has 0 aromatic heterocycles. The number of nitrogens with two attached hydrogens (primary N) is 1. The zero-order valence-electron chi connectivity index (χ0n) is 15.0. The van der Waals surface area contributed by atoms with E-state index in [-0.39, 0.29) is 11.6 Å². The van der Waals surface area contributed by atoms with Crippen LogP contribution in [0.4, 0.5) is 15.8 Å². The highest BCUT2D eigenvalue weighted by Gasteiger charge is 2.43. The second kappa shape index (κ2) is 6.44. The average Bonchev–Trinajstić information content (AvgIpc) is 2.61. The van der Waals surface area contributed by atoms with Gasteiger partial charge in [0.15, 0.2) is 0 Å². The molecule has 1 aliphatic heterocycles. The van der Waals surface area contributed by atoms with Gasteiger partial charge in [-0.25, -0.2) is 4.39 Å². The van der Waals surface area contributed by atoms with Crippen molar-refractivity contribution in [2.24, 2.45) is 5.73 Å². The summed E-state index contributed by atoms with van der Waals surface area (Å²) in [6.07, 6.45) is 2.12. The van der Waals surface area contributed by atoms with Crippen LogP contribution in [0.15, 0.2) is 36.4 Å². The van der Waals surface area contributed by atoms with Crippen LogP contribution in [0.5, 0.6) is 0 Å². The van der Waals surface area contributed by atoms with E-state index in [1.54, 1.807) is 13.2 Å². The smallest absolute Gasteiger partial charge is 0.235 e. The van der Waals surface area contributed by atoms with Crippen LogP contribution >= 0.6 is 0 Å². The molecule has 2 aromatic rings. The van der Waals surface area contributed by atoms with Gasteiger partial charge in [-0.1, -0.05) is 12.1 Å². The molecule has 0 saturated carbocycles. The molecule has 2 atom stereocenters. The van der Waals surface area contributed by atoms with Gasteiger partial charge in [-0.3, -0.25) is 9.59 Å². The lowest BCUT2D eigenvalue weighted by Crippen LogP contribution is -2.44. The second-order valence-corrected chi connectivity index (χ2v) is 7.06. The largest absolute Gasteiger partial charge is 0.378 e. The zero-order valence-corrected chi connectivity index (χ0v) is 15.0. The standard InChI is InChI=1S/C20H21FN3O2/c1-20(19(22)26)10-17(12-5-4-6-15(8-12)24(2)3)23-18-13(11-25)7-14(21)9-16(18)20/h4-9,17,23H,10H2,1-3H3,(H2,22,26). The number of benzene rings is 2. The predicted molar refractivity (Wildman–Crippen MR) is 99.5 cm³/mol. The summed E-state index contributed by atoms with van der Waals surface area (Å²) in [7, 11) is 3.89. The summed E-state index contributed by atoms with van der Waals surface area (Å²) >= 11 is 0. The lowest BCUT2D eigenvalue weighted by atomic mass is 9.71. The predicted octanol–water partition coefficient (Wildman–Crippen LogP) is 2.65. The summed E-state index contributed by atoms with van der Waals surface area (Å²) < 4.78 is 13.9. The number of rotatable bonds is 4. The van der Waals surface area contributed by atoms with Crippen molar-refractivity contribution >= 4 is 23.6 Å². The third-order valence-electron chi connectivity index (χ3n) is 5.07. The number of nitrogens with one attached hydrogen (secondary N) is 1. The summed E-state index contributed by atoms with van der Waals surface area (Å²) in [4.78, 5) is 25.6. The topological polar surface area (TPSA) is 75.4 Å². The van der Waals surface area contributed by atoms with E-state index in [4.69, 9.17) is 5.73 Å². The molecule has 0 saturated heterocycles. The van der Waals surface area contributed by atoms with Crippen molar-refractivity contribution in [1.82, 2.24) is 0 Å². The molecule has 3 N–H and O–H groups in total. The van der Waals surface area contributed by atoms with Crippen LogP contribution in [0.25, 0.3) is 0 Å². The second-order valence-electron chi connectivity index (χ2n) is 7.06.